The zero-order chi connectivity index (χ0) is 16.9. The van der Waals surface area contributed by atoms with E-state index in [4.69, 9.17) is 9.47 Å². The van der Waals surface area contributed by atoms with Gasteiger partial charge in [-0.25, -0.2) is 4.98 Å². The summed E-state index contributed by atoms with van der Waals surface area (Å²) in [4.78, 5) is 6.12. The Labute approximate surface area is 144 Å². The maximum absolute atomic E-state index is 5.56. The molecule has 0 fully saturated rings. The lowest BCUT2D eigenvalue weighted by atomic mass is 10.2. The molecule has 0 saturated carbocycles. The number of hydrogen-bond acceptors (Lipinski definition) is 7. The van der Waals surface area contributed by atoms with Crippen molar-refractivity contribution in [2.45, 2.75) is 26.5 Å². The highest BCUT2D eigenvalue weighted by Gasteiger charge is 2.12. The minimum atomic E-state index is 0.00444. The molecule has 0 aliphatic carbocycles. The van der Waals surface area contributed by atoms with Gasteiger partial charge in [0.05, 0.1) is 12.8 Å². The van der Waals surface area contributed by atoms with Crippen LogP contribution in [0.1, 0.15) is 30.7 Å². The third-order valence-electron chi connectivity index (χ3n) is 3.42. The van der Waals surface area contributed by atoms with Crippen molar-refractivity contribution in [2.75, 3.05) is 13.7 Å². The van der Waals surface area contributed by atoms with Crippen LogP contribution in [0.3, 0.4) is 0 Å². The summed E-state index contributed by atoms with van der Waals surface area (Å²) < 4.78 is 10.8. The first-order chi connectivity index (χ1) is 11.7. The van der Waals surface area contributed by atoms with Crippen LogP contribution in [0, 0.1) is 0 Å². The normalized spacial score (nSPS) is 12.3. The first kappa shape index (κ1) is 16.5. The van der Waals surface area contributed by atoms with Gasteiger partial charge in [0.25, 0.3) is 0 Å². The van der Waals surface area contributed by atoms with E-state index in [-0.39, 0.29) is 6.10 Å². The number of thiazole rings is 1. The predicted octanol–water partition coefficient (Wildman–Crippen LogP) is 2.95. The summed E-state index contributed by atoms with van der Waals surface area (Å²) in [5.41, 5.74) is 1.76. The van der Waals surface area contributed by atoms with Gasteiger partial charge < -0.3 is 9.47 Å². The lowest BCUT2D eigenvalue weighted by molar-refractivity contribution is 0.0761. The van der Waals surface area contributed by atoms with Gasteiger partial charge in [0, 0.05) is 17.6 Å². The van der Waals surface area contributed by atoms with E-state index in [1.54, 1.807) is 23.2 Å². The summed E-state index contributed by atoms with van der Waals surface area (Å²) in [6.07, 6.45) is 0.00444. The third-order valence-corrected chi connectivity index (χ3v) is 4.47. The highest BCUT2D eigenvalue weighted by molar-refractivity contribution is 7.09. The molecule has 0 N–H and O–H groups in total. The lowest BCUT2D eigenvalue weighted by Gasteiger charge is -2.06. The zero-order valence-electron chi connectivity index (χ0n) is 13.8. The topological polar surface area (TPSA) is 75.0 Å². The van der Waals surface area contributed by atoms with Gasteiger partial charge in [-0.15, -0.1) is 21.5 Å². The van der Waals surface area contributed by atoms with Crippen LogP contribution in [-0.2, 0) is 11.3 Å². The van der Waals surface area contributed by atoms with E-state index >= 15 is 0 Å². The van der Waals surface area contributed by atoms with E-state index in [1.165, 1.54) is 0 Å². The standard InChI is InChI=1S/C16H19N5O2S/c1-4-23-11(2)16-17-13(10-24-16)9-21-19-15(18-20-21)12-6-5-7-14(8-12)22-3/h5-8,10-11H,4,9H2,1-3H3. The molecule has 126 valence electrons. The van der Waals surface area contributed by atoms with Gasteiger partial charge in [0.15, 0.2) is 0 Å². The van der Waals surface area contributed by atoms with Crippen LogP contribution in [0.5, 0.6) is 5.75 Å². The SMILES string of the molecule is CCOC(C)c1nc(Cn2nnc(-c3cccc(OC)c3)n2)cs1. The Bertz CT molecular complexity index is 801. The van der Waals surface area contributed by atoms with Crippen molar-refractivity contribution in [3.63, 3.8) is 0 Å². The fourth-order valence-electron chi connectivity index (χ4n) is 2.24. The Morgan fingerprint density at radius 2 is 2.21 bits per heavy atom. The van der Waals surface area contributed by atoms with E-state index in [1.807, 2.05) is 43.5 Å². The van der Waals surface area contributed by atoms with E-state index in [2.05, 4.69) is 20.4 Å². The van der Waals surface area contributed by atoms with Crippen LogP contribution in [-0.4, -0.2) is 38.9 Å². The van der Waals surface area contributed by atoms with Crippen molar-refractivity contribution in [2.24, 2.45) is 0 Å². The largest absolute Gasteiger partial charge is 0.497 e. The van der Waals surface area contributed by atoms with Crippen molar-refractivity contribution >= 4 is 11.3 Å². The molecule has 0 amide bonds. The second kappa shape index (κ2) is 7.50. The number of rotatable bonds is 7. The highest BCUT2D eigenvalue weighted by atomic mass is 32.1. The molecule has 2 aromatic heterocycles. The minimum Gasteiger partial charge on any atom is -0.497 e. The molecule has 0 bridgehead atoms. The lowest BCUT2D eigenvalue weighted by Crippen LogP contribution is -2.05. The molecule has 1 aromatic carbocycles. The summed E-state index contributed by atoms with van der Waals surface area (Å²) in [5, 5.41) is 15.6. The number of ether oxygens (including phenoxy) is 2. The second-order valence-corrected chi connectivity index (χ2v) is 6.04. The van der Waals surface area contributed by atoms with Gasteiger partial charge in [-0.05, 0) is 31.2 Å². The van der Waals surface area contributed by atoms with Gasteiger partial charge in [0.1, 0.15) is 23.4 Å². The smallest absolute Gasteiger partial charge is 0.205 e. The summed E-state index contributed by atoms with van der Waals surface area (Å²) in [7, 11) is 1.63. The van der Waals surface area contributed by atoms with Crippen LogP contribution in [0.15, 0.2) is 29.6 Å². The average Bonchev–Trinajstić information content (AvgIpc) is 3.25. The molecular formula is C16H19N5O2S. The number of aromatic nitrogens is 5. The van der Waals surface area contributed by atoms with Crippen LogP contribution < -0.4 is 4.74 Å². The monoisotopic (exact) mass is 345 g/mol. The summed E-state index contributed by atoms with van der Waals surface area (Å²) in [6, 6.07) is 7.58. The molecule has 24 heavy (non-hydrogen) atoms. The molecule has 0 saturated heterocycles. The molecule has 0 aliphatic rings. The first-order valence-electron chi connectivity index (χ1n) is 7.67. The molecule has 0 spiro atoms. The fraction of sp³-hybridized carbons (Fsp3) is 0.375. The quantitative estimate of drug-likeness (QED) is 0.655. The number of tetrazole rings is 1. The van der Waals surface area contributed by atoms with E-state index in [0.717, 1.165) is 22.0 Å². The maximum Gasteiger partial charge on any atom is 0.205 e. The van der Waals surface area contributed by atoms with Gasteiger partial charge in [0.2, 0.25) is 5.82 Å². The Kier molecular flexibility index (Phi) is 5.17. The molecule has 1 atom stereocenters. The zero-order valence-corrected chi connectivity index (χ0v) is 14.7. The minimum absolute atomic E-state index is 0.00444. The number of hydrogen-bond donors (Lipinski definition) is 0. The highest BCUT2D eigenvalue weighted by Crippen LogP contribution is 2.22. The summed E-state index contributed by atoms with van der Waals surface area (Å²) in [5.74, 6) is 1.32. The maximum atomic E-state index is 5.56. The Morgan fingerprint density at radius 3 is 3.00 bits per heavy atom. The number of methoxy groups -OCH3 is 1. The predicted molar refractivity (Wildman–Crippen MR) is 91.1 cm³/mol. The molecular weight excluding hydrogens is 326 g/mol. The Morgan fingerprint density at radius 1 is 1.33 bits per heavy atom. The first-order valence-corrected chi connectivity index (χ1v) is 8.55. The van der Waals surface area contributed by atoms with Gasteiger partial charge in [-0.2, -0.15) is 4.80 Å². The molecule has 8 heteroatoms. The molecule has 0 radical (unpaired) electrons. The molecule has 3 aromatic rings. The van der Waals surface area contributed by atoms with E-state index in [9.17, 15) is 0 Å². The fourth-order valence-corrected chi connectivity index (χ4v) is 3.05. The average molecular weight is 345 g/mol. The number of nitrogens with zero attached hydrogens (tertiary/aromatic N) is 5. The van der Waals surface area contributed by atoms with Crippen LogP contribution in [0.4, 0.5) is 0 Å². The van der Waals surface area contributed by atoms with Gasteiger partial charge >= 0.3 is 0 Å². The third kappa shape index (κ3) is 3.77. The van der Waals surface area contributed by atoms with E-state index < -0.39 is 0 Å². The summed E-state index contributed by atoms with van der Waals surface area (Å²) in [6.45, 7) is 5.13. The van der Waals surface area contributed by atoms with Crippen LogP contribution in [0.25, 0.3) is 11.4 Å². The van der Waals surface area contributed by atoms with Gasteiger partial charge in [-0.3, -0.25) is 0 Å². The second-order valence-electron chi connectivity index (χ2n) is 5.15. The molecule has 2 heterocycles. The van der Waals surface area contributed by atoms with Crippen molar-refractivity contribution in [1.29, 1.82) is 0 Å². The van der Waals surface area contributed by atoms with Crippen molar-refractivity contribution in [3.8, 4) is 17.1 Å². The molecule has 0 aliphatic heterocycles. The van der Waals surface area contributed by atoms with E-state index in [0.29, 0.717) is 19.0 Å². The van der Waals surface area contributed by atoms with Gasteiger partial charge in [-0.1, -0.05) is 12.1 Å². The number of benzene rings is 1. The molecule has 1 unspecified atom stereocenters. The van der Waals surface area contributed by atoms with Crippen LogP contribution in [0.2, 0.25) is 0 Å². The van der Waals surface area contributed by atoms with Crippen molar-refractivity contribution < 1.29 is 9.47 Å². The molecule has 3 rings (SSSR count). The van der Waals surface area contributed by atoms with Crippen molar-refractivity contribution in [3.05, 3.63) is 40.3 Å². The van der Waals surface area contributed by atoms with Crippen molar-refractivity contribution in [1.82, 2.24) is 25.2 Å². The summed E-state index contributed by atoms with van der Waals surface area (Å²) >= 11 is 1.58. The Hall–Kier alpha value is -2.32. The van der Waals surface area contributed by atoms with Crippen LogP contribution >= 0.6 is 11.3 Å². The Balaban J connectivity index is 1.72. The molecule has 7 nitrogen and oxygen atoms in total.